The van der Waals surface area contributed by atoms with E-state index in [1.165, 1.54) is 26.0 Å². The maximum Gasteiger partial charge on any atom is 0.325 e. The van der Waals surface area contributed by atoms with Crippen LogP contribution in [-0.4, -0.2) is 69.3 Å². The quantitative estimate of drug-likeness (QED) is 0.209. The lowest BCUT2D eigenvalue weighted by molar-refractivity contribution is -0.141. The highest BCUT2D eigenvalue weighted by molar-refractivity contribution is 5.94. The molecule has 6 atom stereocenters. The Balaban J connectivity index is 3.12. The number of phenols is 1. The van der Waals surface area contributed by atoms with Gasteiger partial charge in [0.05, 0.1) is 6.10 Å². The van der Waals surface area contributed by atoms with Crippen LogP contribution in [0, 0.1) is 5.92 Å². The molecular weight excluding hydrogens is 432 g/mol. The van der Waals surface area contributed by atoms with Crippen molar-refractivity contribution in [3.05, 3.63) is 29.8 Å². The van der Waals surface area contributed by atoms with Gasteiger partial charge in [0.2, 0.25) is 17.7 Å². The van der Waals surface area contributed by atoms with Crippen LogP contribution in [0.1, 0.15) is 39.7 Å². The van der Waals surface area contributed by atoms with E-state index in [9.17, 15) is 29.4 Å². The monoisotopic (exact) mass is 466 g/mol. The lowest BCUT2D eigenvalue weighted by atomic mass is 9.96. The molecule has 0 saturated carbocycles. The summed E-state index contributed by atoms with van der Waals surface area (Å²) in [4.78, 5) is 49.3. The molecule has 0 aromatic heterocycles. The minimum absolute atomic E-state index is 0.0125. The van der Waals surface area contributed by atoms with E-state index in [0.29, 0.717) is 12.0 Å². The van der Waals surface area contributed by atoms with E-state index in [4.69, 9.17) is 10.8 Å². The van der Waals surface area contributed by atoms with Crippen molar-refractivity contribution >= 4 is 23.7 Å². The molecule has 0 aliphatic heterocycles. The van der Waals surface area contributed by atoms with Crippen molar-refractivity contribution in [1.82, 2.24) is 16.0 Å². The zero-order valence-electron chi connectivity index (χ0n) is 19.2. The van der Waals surface area contributed by atoms with E-state index < -0.39 is 54.0 Å². The number of nitrogens with two attached hydrogens (primary N) is 1. The van der Waals surface area contributed by atoms with Crippen molar-refractivity contribution in [3.8, 4) is 5.75 Å². The molecule has 0 heterocycles. The van der Waals surface area contributed by atoms with Crippen LogP contribution in [0.2, 0.25) is 0 Å². The van der Waals surface area contributed by atoms with Gasteiger partial charge in [0.25, 0.3) is 0 Å². The maximum atomic E-state index is 13.1. The Morgan fingerprint density at radius 1 is 0.939 bits per heavy atom. The van der Waals surface area contributed by atoms with Gasteiger partial charge >= 0.3 is 5.97 Å². The van der Waals surface area contributed by atoms with Crippen molar-refractivity contribution in [2.24, 2.45) is 11.7 Å². The first kappa shape index (κ1) is 27.9. The van der Waals surface area contributed by atoms with Gasteiger partial charge in [-0.3, -0.25) is 19.2 Å². The number of aliphatic carboxylic acids is 1. The predicted molar refractivity (Wildman–Crippen MR) is 120 cm³/mol. The highest BCUT2D eigenvalue weighted by Crippen LogP contribution is 2.13. The number of nitrogens with one attached hydrogen (secondary N) is 3. The molecule has 1 rings (SSSR count). The highest BCUT2D eigenvalue weighted by atomic mass is 16.4. The maximum absolute atomic E-state index is 13.1. The van der Waals surface area contributed by atoms with Gasteiger partial charge in [-0.25, -0.2) is 0 Å². The Hall–Kier alpha value is -3.18. The third kappa shape index (κ3) is 8.70. The topological polar surface area (TPSA) is 191 Å². The molecule has 3 amide bonds. The molecule has 1 aromatic rings. The smallest absolute Gasteiger partial charge is 0.325 e. The standard InChI is InChI=1S/C22H34N4O7/c1-5-11(2)18(26-20(30)17(23)13(4)27)21(31)25-16(19(29)24-12(3)22(32)33)10-14-6-8-15(28)9-7-14/h6-9,11-13,16-18,27-28H,5,10,23H2,1-4H3,(H,24,29)(H,25,31)(H,26,30)(H,32,33). The van der Waals surface area contributed by atoms with Crippen LogP contribution in [0.15, 0.2) is 24.3 Å². The molecule has 0 bridgehead atoms. The minimum atomic E-state index is -1.24. The Kier molecular flexibility index (Phi) is 10.8. The summed E-state index contributed by atoms with van der Waals surface area (Å²) in [5.74, 6) is -3.64. The number of hydrogen-bond donors (Lipinski definition) is 7. The second kappa shape index (κ2) is 12.8. The van der Waals surface area contributed by atoms with Crippen molar-refractivity contribution in [2.75, 3.05) is 0 Å². The number of rotatable bonds is 12. The predicted octanol–water partition coefficient (Wildman–Crippen LogP) is -0.752. The van der Waals surface area contributed by atoms with Crippen LogP contribution in [0.25, 0.3) is 0 Å². The second-order valence-electron chi connectivity index (χ2n) is 8.14. The number of carbonyl (C=O) groups is 4. The molecule has 0 spiro atoms. The minimum Gasteiger partial charge on any atom is -0.508 e. The molecule has 1 aromatic carbocycles. The van der Waals surface area contributed by atoms with Gasteiger partial charge in [-0.05, 0) is 37.5 Å². The van der Waals surface area contributed by atoms with Crippen LogP contribution < -0.4 is 21.7 Å². The summed E-state index contributed by atoms with van der Waals surface area (Å²) >= 11 is 0. The summed E-state index contributed by atoms with van der Waals surface area (Å²) in [5.41, 5.74) is 6.27. The van der Waals surface area contributed by atoms with Gasteiger partial charge in [-0.2, -0.15) is 0 Å². The molecule has 6 unspecified atom stereocenters. The normalized spacial score (nSPS) is 16.4. The van der Waals surface area contributed by atoms with Gasteiger partial charge in [-0.1, -0.05) is 32.4 Å². The molecular formula is C22H34N4O7. The SMILES string of the molecule is CCC(C)C(NC(=O)C(N)C(C)O)C(=O)NC(Cc1ccc(O)cc1)C(=O)NC(C)C(=O)O. The number of aliphatic hydroxyl groups is 1. The average molecular weight is 467 g/mol. The molecule has 0 saturated heterocycles. The summed E-state index contributed by atoms with van der Waals surface area (Å²) in [6, 6.07) is 1.35. The fraction of sp³-hybridized carbons (Fsp3) is 0.545. The average Bonchev–Trinajstić information content (AvgIpc) is 2.76. The first-order chi connectivity index (χ1) is 15.4. The zero-order chi connectivity index (χ0) is 25.3. The number of benzene rings is 1. The Bertz CT molecular complexity index is 829. The summed E-state index contributed by atoms with van der Waals surface area (Å²) in [5, 5.41) is 35.6. The number of carboxylic acid groups (broad SMARTS) is 1. The highest BCUT2D eigenvalue weighted by Gasteiger charge is 2.32. The van der Waals surface area contributed by atoms with Crippen molar-refractivity contribution in [1.29, 1.82) is 0 Å². The fourth-order valence-electron chi connectivity index (χ4n) is 2.88. The molecule has 0 fully saturated rings. The Morgan fingerprint density at radius 2 is 1.52 bits per heavy atom. The Labute approximate surface area is 192 Å². The van der Waals surface area contributed by atoms with E-state index in [1.54, 1.807) is 19.1 Å². The zero-order valence-corrected chi connectivity index (χ0v) is 19.2. The second-order valence-corrected chi connectivity index (χ2v) is 8.14. The number of aromatic hydroxyl groups is 1. The van der Waals surface area contributed by atoms with E-state index in [1.807, 2.05) is 6.92 Å². The van der Waals surface area contributed by atoms with E-state index in [2.05, 4.69) is 16.0 Å². The van der Waals surface area contributed by atoms with Crippen molar-refractivity contribution in [2.45, 2.75) is 70.8 Å². The van der Waals surface area contributed by atoms with Crippen molar-refractivity contribution in [3.63, 3.8) is 0 Å². The van der Waals surface area contributed by atoms with Gasteiger partial charge < -0.3 is 37.0 Å². The van der Waals surface area contributed by atoms with Crippen molar-refractivity contribution < 1.29 is 34.5 Å². The van der Waals surface area contributed by atoms with Crippen LogP contribution in [0.4, 0.5) is 0 Å². The first-order valence-electron chi connectivity index (χ1n) is 10.7. The van der Waals surface area contributed by atoms with E-state index >= 15 is 0 Å². The van der Waals surface area contributed by atoms with Crippen LogP contribution in [0.3, 0.4) is 0 Å². The number of amides is 3. The Morgan fingerprint density at radius 3 is 2.00 bits per heavy atom. The van der Waals surface area contributed by atoms with Gasteiger partial charge in [0.15, 0.2) is 0 Å². The number of phenolic OH excluding ortho intramolecular Hbond substituents is 1. The molecule has 0 radical (unpaired) electrons. The molecule has 8 N–H and O–H groups in total. The third-order valence-corrected chi connectivity index (χ3v) is 5.35. The molecule has 33 heavy (non-hydrogen) atoms. The summed E-state index contributed by atoms with van der Waals surface area (Å²) < 4.78 is 0. The van der Waals surface area contributed by atoms with Crippen LogP contribution in [-0.2, 0) is 25.6 Å². The first-order valence-corrected chi connectivity index (χ1v) is 10.7. The molecule has 0 aliphatic rings. The molecule has 11 heteroatoms. The van der Waals surface area contributed by atoms with Crippen LogP contribution in [0.5, 0.6) is 5.75 Å². The summed E-state index contributed by atoms with van der Waals surface area (Å²) in [6.45, 7) is 6.20. The molecule has 184 valence electrons. The van der Waals surface area contributed by atoms with E-state index in [-0.39, 0.29) is 18.1 Å². The molecule has 11 nitrogen and oxygen atoms in total. The van der Waals surface area contributed by atoms with Gasteiger partial charge in [0.1, 0.15) is 29.9 Å². The van der Waals surface area contributed by atoms with Crippen LogP contribution >= 0.6 is 0 Å². The summed E-state index contributed by atoms with van der Waals surface area (Å²) in [6.07, 6.45) is -0.595. The lowest BCUT2D eigenvalue weighted by Crippen LogP contribution is -2.59. The number of carbonyl (C=O) groups excluding carboxylic acids is 3. The largest absolute Gasteiger partial charge is 0.508 e. The number of carboxylic acids is 1. The van der Waals surface area contributed by atoms with E-state index in [0.717, 1.165) is 0 Å². The molecule has 0 aliphatic carbocycles. The third-order valence-electron chi connectivity index (χ3n) is 5.35. The lowest BCUT2D eigenvalue weighted by Gasteiger charge is -2.28. The number of aliphatic hydroxyl groups excluding tert-OH is 1. The van der Waals surface area contributed by atoms with Gasteiger partial charge in [-0.15, -0.1) is 0 Å². The number of hydrogen-bond acceptors (Lipinski definition) is 7. The van der Waals surface area contributed by atoms with Gasteiger partial charge in [0, 0.05) is 6.42 Å². The fourth-order valence-corrected chi connectivity index (χ4v) is 2.88. The summed E-state index contributed by atoms with van der Waals surface area (Å²) in [7, 11) is 0.